The Morgan fingerprint density at radius 3 is 2.73 bits per heavy atom. The van der Waals surface area contributed by atoms with Crippen molar-refractivity contribution in [1.29, 1.82) is 0 Å². The molecule has 3 N–H and O–H groups in total. The first-order valence-electron chi connectivity index (χ1n) is 7.65. The van der Waals surface area contributed by atoms with Crippen LogP contribution >= 0.6 is 23.8 Å². The van der Waals surface area contributed by atoms with Gasteiger partial charge < -0.3 is 10.5 Å². The molecule has 26 heavy (non-hydrogen) atoms. The summed E-state index contributed by atoms with van der Waals surface area (Å²) in [4.78, 5) is 0. The van der Waals surface area contributed by atoms with Crippen LogP contribution in [0.2, 0.25) is 5.02 Å². The molecule has 0 fully saturated rings. The first kappa shape index (κ1) is 17.9. The van der Waals surface area contributed by atoms with E-state index in [1.165, 1.54) is 0 Å². The van der Waals surface area contributed by atoms with E-state index in [0.29, 0.717) is 5.02 Å². The number of benzene rings is 2. The van der Waals surface area contributed by atoms with Crippen LogP contribution in [-0.2, 0) is 0 Å². The van der Waals surface area contributed by atoms with Gasteiger partial charge in [-0.05, 0) is 54.7 Å². The number of rotatable bonds is 5. The molecular formula is C18H16ClN5OS. The van der Waals surface area contributed by atoms with Crippen molar-refractivity contribution < 1.29 is 4.74 Å². The molecule has 1 heterocycles. The molecule has 0 bridgehead atoms. The molecule has 3 aromatic rings. The Hall–Kier alpha value is -2.90. The van der Waals surface area contributed by atoms with Crippen molar-refractivity contribution in [2.75, 3.05) is 7.11 Å². The lowest BCUT2D eigenvalue weighted by atomic mass is 10.1. The van der Waals surface area contributed by atoms with E-state index in [0.717, 1.165) is 28.3 Å². The third kappa shape index (κ3) is 4.19. The Labute approximate surface area is 161 Å². The zero-order valence-electron chi connectivity index (χ0n) is 13.9. The molecule has 0 aliphatic heterocycles. The van der Waals surface area contributed by atoms with E-state index in [4.69, 9.17) is 34.3 Å². The predicted molar refractivity (Wildman–Crippen MR) is 108 cm³/mol. The SMILES string of the molecule is COc1ccc(-c2nn(-c3cccc(Cl)c3)cc2/C=N/NC(N)=S)cc1. The van der Waals surface area contributed by atoms with E-state index in [1.54, 1.807) is 18.0 Å². The molecule has 0 amide bonds. The molecule has 6 nitrogen and oxygen atoms in total. The Kier molecular flexibility index (Phi) is 5.50. The van der Waals surface area contributed by atoms with E-state index in [9.17, 15) is 0 Å². The van der Waals surface area contributed by atoms with E-state index in [-0.39, 0.29) is 5.11 Å². The standard InChI is InChI=1S/C18H16ClN5OS/c1-25-16-7-5-12(6-8-16)17-13(10-21-22-18(20)26)11-24(23-17)15-4-2-3-14(19)9-15/h2-11H,1H3,(H3,20,22,26)/b21-10+. The minimum Gasteiger partial charge on any atom is -0.497 e. The molecule has 1 aromatic heterocycles. The van der Waals surface area contributed by atoms with Crippen LogP contribution in [0.4, 0.5) is 0 Å². The third-order valence-corrected chi connectivity index (χ3v) is 3.88. The number of nitrogens with zero attached hydrogens (tertiary/aromatic N) is 3. The number of nitrogens with one attached hydrogen (secondary N) is 1. The van der Waals surface area contributed by atoms with Gasteiger partial charge in [0.2, 0.25) is 0 Å². The summed E-state index contributed by atoms with van der Waals surface area (Å²) in [6, 6.07) is 15.1. The first-order chi connectivity index (χ1) is 12.6. The number of hydrogen-bond donors (Lipinski definition) is 2. The quantitative estimate of drug-likeness (QED) is 0.400. The predicted octanol–water partition coefficient (Wildman–Crippen LogP) is 3.37. The second-order valence-electron chi connectivity index (χ2n) is 5.32. The molecule has 0 aliphatic rings. The van der Waals surface area contributed by atoms with Gasteiger partial charge in [-0.1, -0.05) is 17.7 Å². The molecule has 0 atom stereocenters. The van der Waals surface area contributed by atoms with Gasteiger partial charge in [-0.25, -0.2) is 4.68 Å². The largest absolute Gasteiger partial charge is 0.497 e. The molecule has 0 saturated heterocycles. The molecule has 8 heteroatoms. The minimum absolute atomic E-state index is 0.0921. The Morgan fingerprint density at radius 2 is 2.08 bits per heavy atom. The second kappa shape index (κ2) is 7.99. The second-order valence-corrected chi connectivity index (χ2v) is 6.20. The number of nitrogens with two attached hydrogens (primary N) is 1. The van der Waals surface area contributed by atoms with Gasteiger partial charge in [0.25, 0.3) is 0 Å². The van der Waals surface area contributed by atoms with Gasteiger partial charge >= 0.3 is 0 Å². The highest BCUT2D eigenvalue weighted by molar-refractivity contribution is 7.80. The van der Waals surface area contributed by atoms with Crippen molar-refractivity contribution in [3.63, 3.8) is 0 Å². The van der Waals surface area contributed by atoms with Gasteiger partial charge in [0, 0.05) is 22.3 Å². The summed E-state index contributed by atoms with van der Waals surface area (Å²) in [5, 5.41) is 9.45. The maximum absolute atomic E-state index is 6.09. The number of hydrogen-bond acceptors (Lipinski definition) is 4. The summed E-state index contributed by atoms with van der Waals surface area (Å²) in [6.45, 7) is 0. The van der Waals surface area contributed by atoms with Crippen molar-refractivity contribution in [1.82, 2.24) is 15.2 Å². The van der Waals surface area contributed by atoms with Gasteiger partial charge in [0.15, 0.2) is 5.11 Å². The molecule has 0 radical (unpaired) electrons. The molecule has 132 valence electrons. The summed E-state index contributed by atoms with van der Waals surface area (Å²) in [5.74, 6) is 0.772. The lowest BCUT2D eigenvalue weighted by Gasteiger charge is -2.03. The summed E-state index contributed by atoms with van der Waals surface area (Å²) < 4.78 is 6.95. The zero-order valence-corrected chi connectivity index (χ0v) is 15.5. The van der Waals surface area contributed by atoms with Crippen molar-refractivity contribution in [2.45, 2.75) is 0 Å². The average Bonchev–Trinajstić information content (AvgIpc) is 3.06. The lowest BCUT2D eigenvalue weighted by Crippen LogP contribution is -2.24. The fourth-order valence-electron chi connectivity index (χ4n) is 2.37. The molecule has 0 saturated carbocycles. The monoisotopic (exact) mass is 385 g/mol. The van der Waals surface area contributed by atoms with E-state index in [2.05, 4.69) is 15.6 Å². The Balaban J connectivity index is 2.04. The lowest BCUT2D eigenvalue weighted by molar-refractivity contribution is 0.415. The van der Waals surface area contributed by atoms with Crippen LogP contribution in [0.25, 0.3) is 16.9 Å². The van der Waals surface area contributed by atoms with Crippen LogP contribution < -0.4 is 15.9 Å². The Morgan fingerprint density at radius 1 is 1.31 bits per heavy atom. The van der Waals surface area contributed by atoms with Crippen molar-refractivity contribution in [3.8, 4) is 22.7 Å². The van der Waals surface area contributed by atoms with Crippen LogP contribution in [0.3, 0.4) is 0 Å². The summed E-state index contributed by atoms with van der Waals surface area (Å²) in [5.41, 5.74) is 11.3. The van der Waals surface area contributed by atoms with Crippen LogP contribution in [0.5, 0.6) is 5.75 Å². The van der Waals surface area contributed by atoms with Crippen LogP contribution in [-0.4, -0.2) is 28.2 Å². The van der Waals surface area contributed by atoms with Gasteiger partial charge in [-0.3, -0.25) is 5.43 Å². The minimum atomic E-state index is 0.0921. The highest BCUT2D eigenvalue weighted by atomic mass is 35.5. The van der Waals surface area contributed by atoms with Crippen LogP contribution in [0, 0.1) is 0 Å². The van der Waals surface area contributed by atoms with E-state index in [1.807, 2.05) is 54.7 Å². The summed E-state index contributed by atoms with van der Waals surface area (Å²) in [6.07, 6.45) is 3.47. The smallest absolute Gasteiger partial charge is 0.184 e. The third-order valence-electron chi connectivity index (χ3n) is 3.56. The van der Waals surface area contributed by atoms with Crippen LogP contribution in [0.15, 0.2) is 59.8 Å². The molecule has 0 unspecified atom stereocenters. The number of ether oxygens (including phenoxy) is 1. The molecule has 0 aliphatic carbocycles. The highest BCUT2D eigenvalue weighted by Gasteiger charge is 2.11. The number of thiocarbonyl (C=S) groups is 1. The van der Waals surface area contributed by atoms with E-state index >= 15 is 0 Å². The van der Waals surface area contributed by atoms with E-state index < -0.39 is 0 Å². The average molecular weight is 386 g/mol. The van der Waals surface area contributed by atoms with Crippen molar-refractivity contribution >= 4 is 35.1 Å². The number of aromatic nitrogens is 2. The molecule has 2 aromatic carbocycles. The zero-order chi connectivity index (χ0) is 18.5. The molecule has 3 rings (SSSR count). The summed E-state index contributed by atoms with van der Waals surface area (Å²) in [7, 11) is 1.63. The number of hydrazone groups is 1. The van der Waals surface area contributed by atoms with Gasteiger partial charge in [0.1, 0.15) is 11.4 Å². The first-order valence-corrected chi connectivity index (χ1v) is 8.44. The fraction of sp³-hybridized carbons (Fsp3) is 0.0556. The van der Waals surface area contributed by atoms with Gasteiger partial charge in [0.05, 0.1) is 19.0 Å². The van der Waals surface area contributed by atoms with Crippen LogP contribution in [0.1, 0.15) is 5.56 Å². The topological polar surface area (TPSA) is 77.5 Å². The maximum atomic E-state index is 6.09. The summed E-state index contributed by atoms with van der Waals surface area (Å²) >= 11 is 10.9. The highest BCUT2D eigenvalue weighted by Crippen LogP contribution is 2.25. The number of halogens is 1. The Bertz CT molecular complexity index is 952. The maximum Gasteiger partial charge on any atom is 0.184 e. The normalized spacial score (nSPS) is 10.8. The number of methoxy groups -OCH3 is 1. The van der Waals surface area contributed by atoms with Gasteiger partial charge in [-0.15, -0.1) is 0 Å². The van der Waals surface area contributed by atoms with Gasteiger partial charge in [-0.2, -0.15) is 10.2 Å². The molecule has 0 spiro atoms. The van der Waals surface area contributed by atoms with Crippen molar-refractivity contribution in [3.05, 3.63) is 65.3 Å². The fourth-order valence-corrected chi connectivity index (χ4v) is 2.61. The van der Waals surface area contributed by atoms with Crippen molar-refractivity contribution in [2.24, 2.45) is 10.8 Å². The molecular weight excluding hydrogens is 370 g/mol.